The van der Waals surface area contributed by atoms with Crippen LogP contribution in [0.4, 0.5) is 0 Å². The molecule has 1 aromatic heterocycles. The maximum Gasteiger partial charge on any atom is 0.237 e. The molecule has 1 amide bonds. The van der Waals surface area contributed by atoms with Crippen molar-refractivity contribution in [3.05, 3.63) is 64.9 Å². The van der Waals surface area contributed by atoms with Gasteiger partial charge in [0.1, 0.15) is 12.4 Å². The molecule has 0 saturated carbocycles. The Balaban J connectivity index is 1.66. The van der Waals surface area contributed by atoms with E-state index in [2.05, 4.69) is 18.0 Å². The first-order valence-corrected chi connectivity index (χ1v) is 12.6. The third-order valence-corrected chi connectivity index (χ3v) is 6.76. The average Bonchev–Trinajstić information content (AvgIpc) is 3.32. The Morgan fingerprint density at radius 3 is 2.94 bits per heavy atom. The highest BCUT2D eigenvalue weighted by molar-refractivity contribution is 7.10. The molecule has 0 unspecified atom stereocenters. The van der Waals surface area contributed by atoms with Crippen LogP contribution in [-0.2, 0) is 20.7 Å². The van der Waals surface area contributed by atoms with E-state index in [0.717, 1.165) is 18.6 Å². The van der Waals surface area contributed by atoms with Crippen LogP contribution in [0, 0.1) is 0 Å². The third-order valence-electron chi connectivity index (χ3n) is 5.76. The molecule has 0 fully saturated rings. The molecule has 2 aromatic rings. The van der Waals surface area contributed by atoms with E-state index < -0.39 is 6.10 Å². The molecule has 2 heterocycles. The number of fused-ring (bicyclic) bond motifs is 1. The number of rotatable bonds is 15. The number of aliphatic hydroxyl groups is 1. The van der Waals surface area contributed by atoms with Gasteiger partial charge >= 0.3 is 0 Å². The number of benzene rings is 1. The molecule has 0 aliphatic carbocycles. The monoisotopic (exact) mass is 488 g/mol. The van der Waals surface area contributed by atoms with Crippen molar-refractivity contribution in [2.45, 2.75) is 25.0 Å². The Morgan fingerprint density at radius 2 is 2.18 bits per heavy atom. The molecule has 0 radical (unpaired) electrons. The third kappa shape index (κ3) is 7.92. The molecule has 1 aliphatic heterocycles. The summed E-state index contributed by atoms with van der Waals surface area (Å²) in [5.41, 5.74) is 1.17. The lowest BCUT2D eigenvalue weighted by atomic mass is 10.0. The van der Waals surface area contributed by atoms with E-state index >= 15 is 0 Å². The van der Waals surface area contributed by atoms with Crippen LogP contribution in [0.3, 0.4) is 0 Å². The lowest BCUT2D eigenvalue weighted by Crippen LogP contribution is -2.48. The summed E-state index contributed by atoms with van der Waals surface area (Å²) < 4.78 is 16.6. The molecule has 0 bridgehead atoms. The highest BCUT2D eigenvalue weighted by atomic mass is 32.1. The topological polar surface area (TPSA) is 71.5 Å². The van der Waals surface area contributed by atoms with Gasteiger partial charge in [-0.25, -0.2) is 0 Å². The van der Waals surface area contributed by atoms with Crippen LogP contribution in [0.15, 0.2) is 54.4 Å². The Morgan fingerprint density at radius 1 is 1.35 bits per heavy atom. The maximum absolute atomic E-state index is 13.5. The number of hydrogen-bond donors (Lipinski definition) is 1. The summed E-state index contributed by atoms with van der Waals surface area (Å²) in [6.45, 7) is 7.11. The molecular weight excluding hydrogens is 452 g/mol. The second kappa shape index (κ2) is 14.2. The first kappa shape index (κ1) is 26.4. The number of amides is 1. The lowest BCUT2D eigenvalue weighted by molar-refractivity contribution is -0.136. The van der Waals surface area contributed by atoms with E-state index in [1.54, 1.807) is 24.5 Å². The number of thiophene rings is 1. The van der Waals surface area contributed by atoms with Gasteiger partial charge in [0.05, 0.1) is 31.9 Å². The average molecular weight is 489 g/mol. The van der Waals surface area contributed by atoms with E-state index in [9.17, 15) is 9.90 Å². The van der Waals surface area contributed by atoms with Gasteiger partial charge in [-0.15, -0.1) is 17.9 Å². The summed E-state index contributed by atoms with van der Waals surface area (Å²) in [7, 11) is 1.66. The van der Waals surface area contributed by atoms with Crippen LogP contribution in [0.25, 0.3) is 0 Å². The van der Waals surface area contributed by atoms with Gasteiger partial charge in [0, 0.05) is 38.2 Å². The van der Waals surface area contributed by atoms with E-state index in [1.807, 2.05) is 40.1 Å². The standard InChI is InChI=1S/C26H36N2O5S/c1-3-14-32-19-21(29)17-27(12-7-15-31-2)18-26(30)28-13-10-25-23(11-16-34-25)24(28)20-33-22-8-5-4-6-9-22/h3-6,8-9,11,16,21,24,29H,1,7,10,12-15,17-20H2,2H3/t21-,24-/m0/s1. The van der Waals surface area contributed by atoms with Gasteiger partial charge in [0.2, 0.25) is 5.91 Å². The normalized spacial score (nSPS) is 16.3. The van der Waals surface area contributed by atoms with Crippen molar-refractivity contribution in [2.75, 3.05) is 59.7 Å². The first-order chi connectivity index (χ1) is 16.6. The van der Waals surface area contributed by atoms with Crippen LogP contribution in [0.2, 0.25) is 0 Å². The smallest absolute Gasteiger partial charge is 0.237 e. The zero-order valence-corrected chi connectivity index (χ0v) is 20.8. The number of methoxy groups -OCH3 is 1. The number of hydrogen-bond acceptors (Lipinski definition) is 7. The van der Waals surface area contributed by atoms with Crippen molar-refractivity contribution < 1.29 is 24.1 Å². The minimum atomic E-state index is -0.683. The fourth-order valence-electron chi connectivity index (χ4n) is 4.15. The molecule has 0 saturated heterocycles. The number of carbonyl (C=O) groups excluding carboxylic acids is 1. The van der Waals surface area contributed by atoms with Gasteiger partial charge in [0.15, 0.2) is 0 Å². The Hall–Kier alpha value is -2.23. The zero-order chi connectivity index (χ0) is 24.2. The minimum Gasteiger partial charge on any atom is -0.491 e. The molecule has 1 N–H and O–H groups in total. The van der Waals surface area contributed by atoms with Gasteiger partial charge < -0.3 is 24.2 Å². The van der Waals surface area contributed by atoms with Crippen molar-refractivity contribution in [2.24, 2.45) is 0 Å². The molecule has 1 aromatic carbocycles. The van der Waals surface area contributed by atoms with Crippen molar-refractivity contribution in [3.63, 3.8) is 0 Å². The number of aliphatic hydroxyl groups excluding tert-OH is 1. The molecule has 0 spiro atoms. The molecule has 3 rings (SSSR count). The van der Waals surface area contributed by atoms with Gasteiger partial charge in [-0.05, 0) is 42.0 Å². The van der Waals surface area contributed by atoms with E-state index in [4.69, 9.17) is 14.2 Å². The minimum absolute atomic E-state index is 0.0372. The fraction of sp³-hybridized carbons (Fsp3) is 0.500. The van der Waals surface area contributed by atoms with Crippen molar-refractivity contribution in [1.82, 2.24) is 9.80 Å². The molecule has 1 aliphatic rings. The van der Waals surface area contributed by atoms with E-state index in [1.165, 1.54) is 10.4 Å². The summed E-state index contributed by atoms with van der Waals surface area (Å²) in [5.74, 6) is 0.830. The SMILES string of the molecule is C=CCOC[C@@H](O)CN(CCCOC)CC(=O)N1CCc2sccc2[C@@H]1COc1ccccc1. The van der Waals surface area contributed by atoms with Crippen LogP contribution >= 0.6 is 11.3 Å². The summed E-state index contributed by atoms with van der Waals surface area (Å²) in [6, 6.07) is 11.7. The van der Waals surface area contributed by atoms with Gasteiger partial charge in [-0.2, -0.15) is 0 Å². The van der Waals surface area contributed by atoms with Crippen LogP contribution in [-0.4, -0.2) is 86.6 Å². The number of nitrogens with zero attached hydrogens (tertiary/aromatic N) is 2. The van der Waals surface area contributed by atoms with Crippen molar-refractivity contribution in [1.29, 1.82) is 0 Å². The second-order valence-corrected chi connectivity index (χ2v) is 9.34. The number of para-hydroxylation sites is 1. The molecule has 34 heavy (non-hydrogen) atoms. The molecule has 8 heteroatoms. The second-order valence-electron chi connectivity index (χ2n) is 8.34. The molecule has 186 valence electrons. The Bertz CT molecular complexity index is 875. The Kier molecular flexibility index (Phi) is 11.0. The fourth-order valence-corrected chi connectivity index (χ4v) is 5.08. The summed E-state index contributed by atoms with van der Waals surface area (Å²) in [4.78, 5) is 18.7. The van der Waals surface area contributed by atoms with E-state index in [0.29, 0.717) is 39.5 Å². The summed E-state index contributed by atoms with van der Waals surface area (Å²) in [5, 5.41) is 12.5. The number of carbonyl (C=O) groups is 1. The van der Waals surface area contributed by atoms with Crippen LogP contribution in [0.5, 0.6) is 5.75 Å². The maximum atomic E-state index is 13.5. The molecule has 2 atom stereocenters. The number of ether oxygens (including phenoxy) is 3. The first-order valence-electron chi connectivity index (χ1n) is 11.7. The quantitative estimate of drug-likeness (QED) is 0.307. The molecule has 7 nitrogen and oxygen atoms in total. The summed E-state index contributed by atoms with van der Waals surface area (Å²) in [6.07, 6.45) is 2.60. The van der Waals surface area contributed by atoms with E-state index in [-0.39, 0.29) is 25.1 Å². The summed E-state index contributed by atoms with van der Waals surface area (Å²) >= 11 is 1.74. The van der Waals surface area contributed by atoms with Crippen LogP contribution in [0.1, 0.15) is 22.9 Å². The Labute approximate surface area is 206 Å². The zero-order valence-electron chi connectivity index (χ0n) is 19.9. The largest absolute Gasteiger partial charge is 0.491 e. The lowest BCUT2D eigenvalue weighted by Gasteiger charge is -2.37. The predicted molar refractivity (Wildman–Crippen MR) is 134 cm³/mol. The predicted octanol–water partition coefficient (Wildman–Crippen LogP) is 3.15. The highest BCUT2D eigenvalue weighted by Gasteiger charge is 2.33. The van der Waals surface area contributed by atoms with Crippen molar-refractivity contribution in [3.8, 4) is 5.75 Å². The van der Waals surface area contributed by atoms with Crippen molar-refractivity contribution >= 4 is 17.2 Å². The van der Waals surface area contributed by atoms with Gasteiger partial charge in [0.25, 0.3) is 0 Å². The van der Waals surface area contributed by atoms with Gasteiger partial charge in [-0.1, -0.05) is 24.3 Å². The van der Waals surface area contributed by atoms with Gasteiger partial charge in [-0.3, -0.25) is 9.69 Å². The molecular formula is C26H36N2O5S. The highest BCUT2D eigenvalue weighted by Crippen LogP contribution is 2.34. The van der Waals surface area contributed by atoms with Crippen LogP contribution < -0.4 is 4.74 Å².